The van der Waals surface area contributed by atoms with Crippen molar-refractivity contribution in [1.29, 1.82) is 0 Å². The van der Waals surface area contributed by atoms with Gasteiger partial charge in [-0.1, -0.05) is 0 Å². The number of piperidine rings is 1. The number of ether oxygens (including phenoxy) is 1. The molecule has 0 aliphatic carbocycles. The molecule has 0 bridgehead atoms. The Kier molecular flexibility index (Phi) is 3.49. The van der Waals surface area contributed by atoms with E-state index in [0.29, 0.717) is 0 Å². The second-order valence-electron chi connectivity index (χ2n) is 3.02. The van der Waals surface area contributed by atoms with Gasteiger partial charge in [0.15, 0.2) is 0 Å². The molecule has 0 spiro atoms. The van der Waals surface area contributed by atoms with Crippen LogP contribution in [0.3, 0.4) is 0 Å². The third-order valence-electron chi connectivity index (χ3n) is 2.28. The van der Waals surface area contributed by atoms with Crippen molar-refractivity contribution in [3.63, 3.8) is 0 Å². The molecule has 0 amide bonds. The molecule has 1 saturated heterocycles. The lowest BCUT2D eigenvalue weighted by Crippen LogP contribution is -2.47. The highest BCUT2D eigenvalue weighted by molar-refractivity contribution is 5.73. The normalized spacial score (nSPS) is 29.8. The largest absolute Gasteiger partial charge is 0.469 e. The Balaban J connectivity index is 2.52. The summed E-state index contributed by atoms with van der Waals surface area (Å²) in [4.78, 5) is 11.2. The number of nitrogens with one attached hydrogen (secondary N) is 1. The molecule has 4 heteroatoms. The van der Waals surface area contributed by atoms with Gasteiger partial charge in [-0.3, -0.25) is 4.79 Å². The van der Waals surface area contributed by atoms with E-state index in [1.54, 1.807) is 0 Å². The zero-order chi connectivity index (χ0) is 8.97. The summed E-state index contributed by atoms with van der Waals surface area (Å²) >= 11 is 0. The van der Waals surface area contributed by atoms with Gasteiger partial charge >= 0.3 is 5.97 Å². The number of methoxy groups -OCH3 is 1. The molecule has 0 aromatic heterocycles. The summed E-state index contributed by atoms with van der Waals surface area (Å²) in [6.45, 7) is 0.873. The maximum absolute atomic E-state index is 11.2. The second kappa shape index (κ2) is 4.42. The Morgan fingerprint density at radius 1 is 1.75 bits per heavy atom. The van der Waals surface area contributed by atoms with Crippen LogP contribution in [-0.4, -0.2) is 37.4 Å². The van der Waals surface area contributed by atoms with Gasteiger partial charge in [-0.25, -0.2) is 0 Å². The molecule has 2 N–H and O–H groups in total. The van der Waals surface area contributed by atoms with E-state index in [9.17, 15) is 4.79 Å². The molecule has 2 atom stereocenters. The highest BCUT2D eigenvalue weighted by Crippen LogP contribution is 2.17. The summed E-state index contributed by atoms with van der Waals surface area (Å²) in [5.41, 5.74) is 0. The number of rotatable bonds is 2. The quantitative estimate of drug-likeness (QED) is 0.554. The molecule has 1 rings (SSSR count). The number of hydrogen-bond acceptors (Lipinski definition) is 4. The number of carbonyl (C=O) groups excluding carboxylic acids is 1. The van der Waals surface area contributed by atoms with E-state index in [0.717, 1.165) is 19.4 Å². The van der Waals surface area contributed by atoms with E-state index in [1.807, 2.05) is 0 Å². The number of esters is 1. The molecule has 0 radical (unpaired) electrons. The molecule has 1 heterocycles. The predicted molar refractivity (Wildman–Crippen MR) is 43.6 cm³/mol. The average molecular weight is 173 g/mol. The highest BCUT2D eigenvalue weighted by Gasteiger charge is 2.30. The molecular formula is C8H15NO3. The Labute approximate surface area is 71.9 Å². The average Bonchev–Trinajstić information content (AvgIpc) is 2.16. The van der Waals surface area contributed by atoms with Crippen LogP contribution in [0, 0.1) is 5.92 Å². The van der Waals surface area contributed by atoms with Crippen molar-refractivity contribution in [1.82, 2.24) is 5.32 Å². The molecule has 0 unspecified atom stereocenters. The first-order valence-electron chi connectivity index (χ1n) is 4.21. The van der Waals surface area contributed by atoms with Gasteiger partial charge in [0.05, 0.1) is 19.6 Å². The number of hydrogen-bond donors (Lipinski definition) is 2. The SMILES string of the molecule is COC(=O)[C@H]1CCCN[C@H]1CO. The minimum Gasteiger partial charge on any atom is -0.469 e. The van der Waals surface area contributed by atoms with E-state index < -0.39 is 0 Å². The lowest BCUT2D eigenvalue weighted by molar-refractivity contribution is -0.147. The monoisotopic (exact) mass is 173 g/mol. The Bertz CT molecular complexity index is 160. The second-order valence-corrected chi connectivity index (χ2v) is 3.02. The number of aliphatic hydroxyl groups is 1. The van der Waals surface area contributed by atoms with Crippen molar-refractivity contribution in [3.8, 4) is 0 Å². The Hall–Kier alpha value is -0.610. The van der Waals surface area contributed by atoms with E-state index in [2.05, 4.69) is 10.1 Å². The zero-order valence-electron chi connectivity index (χ0n) is 7.25. The van der Waals surface area contributed by atoms with E-state index in [1.165, 1.54) is 7.11 Å². The number of aliphatic hydroxyl groups excluding tert-OH is 1. The van der Waals surface area contributed by atoms with Gasteiger partial charge in [0.25, 0.3) is 0 Å². The third-order valence-corrected chi connectivity index (χ3v) is 2.28. The van der Waals surface area contributed by atoms with Gasteiger partial charge < -0.3 is 15.2 Å². The number of carbonyl (C=O) groups is 1. The molecule has 1 aliphatic heterocycles. The molecular weight excluding hydrogens is 158 g/mol. The first-order chi connectivity index (χ1) is 5.79. The van der Waals surface area contributed by atoms with Gasteiger partial charge in [0.2, 0.25) is 0 Å². The molecule has 0 saturated carbocycles. The maximum Gasteiger partial charge on any atom is 0.310 e. The molecule has 4 nitrogen and oxygen atoms in total. The first kappa shape index (κ1) is 9.48. The molecule has 0 aromatic carbocycles. The van der Waals surface area contributed by atoms with Gasteiger partial charge in [-0.05, 0) is 19.4 Å². The summed E-state index contributed by atoms with van der Waals surface area (Å²) < 4.78 is 4.63. The van der Waals surface area contributed by atoms with Crippen LogP contribution < -0.4 is 5.32 Å². The Morgan fingerprint density at radius 2 is 2.50 bits per heavy atom. The van der Waals surface area contributed by atoms with Crippen LogP contribution in [0.25, 0.3) is 0 Å². The van der Waals surface area contributed by atoms with Crippen LogP contribution in [0.2, 0.25) is 0 Å². The van der Waals surface area contributed by atoms with E-state index >= 15 is 0 Å². The fourth-order valence-electron chi connectivity index (χ4n) is 1.58. The van der Waals surface area contributed by atoms with Crippen molar-refractivity contribution in [3.05, 3.63) is 0 Å². The summed E-state index contributed by atoms with van der Waals surface area (Å²) in [6, 6.07) is -0.119. The van der Waals surface area contributed by atoms with Crippen molar-refractivity contribution in [2.75, 3.05) is 20.3 Å². The minimum atomic E-state index is -0.221. The van der Waals surface area contributed by atoms with Crippen molar-refractivity contribution < 1.29 is 14.6 Å². The summed E-state index contributed by atoms with van der Waals surface area (Å²) in [5, 5.41) is 12.0. The fraction of sp³-hybridized carbons (Fsp3) is 0.875. The smallest absolute Gasteiger partial charge is 0.310 e. The van der Waals surface area contributed by atoms with Crippen molar-refractivity contribution >= 4 is 5.97 Å². The molecule has 0 aromatic rings. The van der Waals surface area contributed by atoms with Gasteiger partial charge in [0.1, 0.15) is 0 Å². The van der Waals surface area contributed by atoms with E-state index in [4.69, 9.17) is 5.11 Å². The van der Waals surface area contributed by atoms with E-state index in [-0.39, 0.29) is 24.5 Å². The lowest BCUT2D eigenvalue weighted by atomic mass is 9.91. The summed E-state index contributed by atoms with van der Waals surface area (Å²) in [6.07, 6.45) is 1.78. The topological polar surface area (TPSA) is 58.6 Å². The molecule has 70 valence electrons. The lowest BCUT2D eigenvalue weighted by Gasteiger charge is -2.28. The standard InChI is InChI=1S/C8H15NO3/c1-12-8(11)6-3-2-4-9-7(6)5-10/h6-7,9-10H,2-5H2,1H3/t6-,7-/m0/s1. The van der Waals surface area contributed by atoms with Gasteiger partial charge in [-0.2, -0.15) is 0 Å². The van der Waals surface area contributed by atoms with Crippen LogP contribution in [0.15, 0.2) is 0 Å². The van der Waals surface area contributed by atoms with Crippen molar-refractivity contribution in [2.24, 2.45) is 5.92 Å². The predicted octanol–water partition coefficient (Wildman–Crippen LogP) is -0.480. The van der Waals surface area contributed by atoms with Crippen LogP contribution >= 0.6 is 0 Å². The van der Waals surface area contributed by atoms with Crippen LogP contribution in [0.4, 0.5) is 0 Å². The summed E-state index contributed by atoms with van der Waals surface area (Å²) in [7, 11) is 1.38. The third kappa shape index (κ3) is 1.95. The van der Waals surface area contributed by atoms with Crippen LogP contribution in [0.5, 0.6) is 0 Å². The van der Waals surface area contributed by atoms with Crippen LogP contribution in [0.1, 0.15) is 12.8 Å². The molecule has 1 aliphatic rings. The fourth-order valence-corrected chi connectivity index (χ4v) is 1.58. The van der Waals surface area contributed by atoms with Crippen molar-refractivity contribution in [2.45, 2.75) is 18.9 Å². The van der Waals surface area contributed by atoms with Gasteiger partial charge in [0, 0.05) is 6.04 Å². The zero-order valence-corrected chi connectivity index (χ0v) is 7.25. The summed E-state index contributed by atoms with van der Waals surface area (Å²) in [5.74, 6) is -0.394. The molecule has 12 heavy (non-hydrogen) atoms. The van der Waals surface area contributed by atoms with Crippen LogP contribution in [-0.2, 0) is 9.53 Å². The minimum absolute atomic E-state index is 0.000231. The van der Waals surface area contributed by atoms with Gasteiger partial charge in [-0.15, -0.1) is 0 Å². The Morgan fingerprint density at radius 3 is 3.08 bits per heavy atom. The first-order valence-corrected chi connectivity index (χ1v) is 4.21. The molecule has 1 fully saturated rings. The highest BCUT2D eigenvalue weighted by atomic mass is 16.5. The maximum atomic E-state index is 11.2.